The third kappa shape index (κ3) is 2.01. The highest BCUT2D eigenvalue weighted by atomic mass is 35.5. The summed E-state index contributed by atoms with van der Waals surface area (Å²) in [5.41, 5.74) is 5.84. The van der Waals surface area contributed by atoms with E-state index >= 15 is 0 Å². The van der Waals surface area contributed by atoms with Crippen LogP contribution in [0.2, 0.25) is 5.22 Å². The van der Waals surface area contributed by atoms with Crippen molar-refractivity contribution < 1.29 is 9.21 Å². The first kappa shape index (κ1) is 10.5. The second-order valence-corrected chi connectivity index (χ2v) is 4.33. The number of amides is 1. The van der Waals surface area contributed by atoms with E-state index in [1.54, 1.807) is 17.0 Å². The quantitative estimate of drug-likeness (QED) is 0.790. The Balaban J connectivity index is 2.10. The lowest BCUT2D eigenvalue weighted by Crippen LogP contribution is -2.31. The smallest absolute Gasteiger partial charge is 0.289 e. The standard InChI is InChI=1S/C10H13ClN2O2/c1-6-4-13(5-7(6)12)10(14)8-2-3-9(11)15-8/h2-3,6-7H,4-5,12H2,1H3. The highest BCUT2D eigenvalue weighted by Gasteiger charge is 2.31. The molecule has 82 valence electrons. The summed E-state index contributed by atoms with van der Waals surface area (Å²) in [4.78, 5) is 13.6. The second-order valence-electron chi connectivity index (χ2n) is 3.96. The lowest BCUT2D eigenvalue weighted by atomic mass is 10.1. The molecule has 1 aromatic rings. The van der Waals surface area contributed by atoms with E-state index in [1.165, 1.54) is 0 Å². The van der Waals surface area contributed by atoms with Gasteiger partial charge in [0.1, 0.15) is 0 Å². The molecule has 15 heavy (non-hydrogen) atoms. The predicted octanol–water partition coefficient (Wildman–Crippen LogP) is 1.35. The Morgan fingerprint density at radius 3 is 2.80 bits per heavy atom. The third-order valence-corrected chi connectivity index (χ3v) is 2.94. The number of likely N-dealkylation sites (tertiary alicyclic amines) is 1. The summed E-state index contributed by atoms with van der Waals surface area (Å²) in [6.07, 6.45) is 0. The number of hydrogen-bond donors (Lipinski definition) is 1. The van der Waals surface area contributed by atoms with Gasteiger partial charge in [0.15, 0.2) is 11.0 Å². The first-order valence-electron chi connectivity index (χ1n) is 4.88. The molecule has 5 heteroatoms. The van der Waals surface area contributed by atoms with Gasteiger partial charge in [0.2, 0.25) is 0 Å². The van der Waals surface area contributed by atoms with Crippen LogP contribution >= 0.6 is 11.6 Å². The molecule has 2 rings (SSSR count). The van der Waals surface area contributed by atoms with Gasteiger partial charge in [-0.2, -0.15) is 0 Å². The zero-order valence-corrected chi connectivity index (χ0v) is 9.20. The molecular weight excluding hydrogens is 216 g/mol. The van der Waals surface area contributed by atoms with Gasteiger partial charge in [0, 0.05) is 19.1 Å². The molecular formula is C10H13ClN2O2. The van der Waals surface area contributed by atoms with E-state index in [-0.39, 0.29) is 22.9 Å². The summed E-state index contributed by atoms with van der Waals surface area (Å²) in [6.45, 7) is 3.30. The molecule has 0 aliphatic carbocycles. The lowest BCUT2D eigenvalue weighted by Gasteiger charge is -2.13. The molecule has 0 aromatic carbocycles. The van der Waals surface area contributed by atoms with Crippen LogP contribution in [0.5, 0.6) is 0 Å². The number of nitrogens with two attached hydrogens (primary N) is 1. The van der Waals surface area contributed by atoms with E-state index in [0.29, 0.717) is 19.0 Å². The van der Waals surface area contributed by atoms with Gasteiger partial charge < -0.3 is 15.1 Å². The number of nitrogens with zero attached hydrogens (tertiary/aromatic N) is 1. The Morgan fingerprint density at radius 2 is 2.33 bits per heavy atom. The van der Waals surface area contributed by atoms with Gasteiger partial charge in [-0.15, -0.1) is 0 Å². The fourth-order valence-corrected chi connectivity index (χ4v) is 1.89. The van der Waals surface area contributed by atoms with Crippen molar-refractivity contribution in [1.82, 2.24) is 4.90 Å². The Labute approximate surface area is 93.0 Å². The van der Waals surface area contributed by atoms with E-state index in [9.17, 15) is 4.79 Å². The Morgan fingerprint density at radius 1 is 1.60 bits per heavy atom. The molecule has 2 atom stereocenters. The Kier molecular flexibility index (Phi) is 2.71. The number of halogens is 1. The van der Waals surface area contributed by atoms with Crippen LogP contribution in [-0.2, 0) is 0 Å². The number of carbonyl (C=O) groups is 1. The predicted molar refractivity (Wildman–Crippen MR) is 56.8 cm³/mol. The number of carbonyl (C=O) groups excluding carboxylic acids is 1. The van der Waals surface area contributed by atoms with Crippen LogP contribution in [0.3, 0.4) is 0 Å². The van der Waals surface area contributed by atoms with Crippen molar-refractivity contribution >= 4 is 17.5 Å². The SMILES string of the molecule is CC1CN(C(=O)c2ccc(Cl)o2)CC1N. The minimum absolute atomic E-state index is 0.0550. The minimum atomic E-state index is -0.137. The first-order chi connectivity index (χ1) is 7.08. The van der Waals surface area contributed by atoms with Crippen molar-refractivity contribution in [3.05, 3.63) is 23.1 Å². The summed E-state index contributed by atoms with van der Waals surface area (Å²) in [6, 6.07) is 3.20. The van der Waals surface area contributed by atoms with Crippen molar-refractivity contribution in [3.63, 3.8) is 0 Å². The Bertz CT molecular complexity index is 367. The molecule has 1 fully saturated rings. The molecule has 2 unspecified atom stereocenters. The molecule has 1 aliphatic rings. The lowest BCUT2D eigenvalue weighted by molar-refractivity contribution is 0.0755. The van der Waals surface area contributed by atoms with Crippen molar-refractivity contribution in [2.75, 3.05) is 13.1 Å². The monoisotopic (exact) mass is 228 g/mol. The average molecular weight is 229 g/mol. The van der Waals surface area contributed by atoms with Gasteiger partial charge in [-0.1, -0.05) is 6.92 Å². The molecule has 1 aliphatic heterocycles. The van der Waals surface area contributed by atoms with E-state index < -0.39 is 0 Å². The van der Waals surface area contributed by atoms with Gasteiger partial charge >= 0.3 is 0 Å². The molecule has 1 saturated heterocycles. The molecule has 2 heterocycles. The largest absolute Gasteiger partial charge is 0.440 e. The van der Waals surface area contributed by atoms with Gasteiger partial charge in [-0.05, 0) is 29.7 Å². The molecule has 1 amide bonds. The normalized spacial score (nSPS) is 25.9. The maximum atomic E-state index is 11.9. The van der Waals surface area contributed by atoms with Crippen LogP contribution in [0.4, 0.5) is 0 Å². The topological polar surface area (TPSA) is 59.5 Å². The van der Waals surface area contributed by atoms with Crippen LogP contribution in [0.1, 0.15) is 17.5 Å². The number of rotatable bonds is 1. The highest BCUT2D eigenvalue weighted by Crippen LogP contribution is 2.20. The molecule has 0 spiro atoms. The van der Waals surface area contributed by atoms with Crippen molar-refractivity contribution in [3.8, 4) is 0 Å². The third-order valence-electron chi connectivity index (χ3n) is 2.74. The summed E-state index contributed by atoms with van der Waals surface area (Å²) in [5, 5.41) is 0.231. The summed E-state index contributed by atoms with van der Waals surface area (Å²) in [5.74, 6) is 0.474. The van der Waals surface area contributed by atoms with Crippen LogP contribution in [0, 0.1) is 5.92 Å². The van der Waals surface area contributed by atoms with Gasteiger partial charge in [0.25, 0.3) is 5.91 Å². The van der Waals surface area contributed by atoms with Crippen LogP contribution in [-0.4, -0.2) is 29.9 Å². The number of hydrogen-bond acceptors (Lipinski definition) is 3. The minimum Gasteiger partial charge on any atom is -0.440 e. The van der Waals surface area contributed by atoms with Crippen LogP contribution in [0.15, 0.2) is 16.5 Å². The Hall–Kier alpha value is -1.00. The summed E-state index contributed by atoms with van der Waals surface area (Å²) < 4.78 is 5.06. The molecule has 0 bridgehead atoms. The van der Waals surface area contributed by atoms with Crippen molar-refractivity contribution in [2.24, 2.45) is 11.7 Å². The van der Waals surface area contributed by atoms with E-state index in [2.05, 4.69) is 0 Å². The van der Waals surface area contributed by atoms with Gasteiger partial charge in [0.05, 0.1) is 0 Å². The zero-order valence-electron chi connectivity index (χ0n) is 8.44. The molecule has 0 radical (unpaired) electrons. The van der Waals surface area contributed by atoms with E-state index in [0.717, 1.165) is 0 Å². The summed E-state index contributed by atoms with van der Waals surface area (Å²) in [7, 11) is 0. The molecule has 4 nitrogen and oxygen atoms in total. The molecule has 1 aromatic heterocycles. The number of furan rings is 1. The van der Waals surface area contributed by atoms with Gasteiger partial charge in [-0.25, -0.2) is 0 Å². The average Bonchev–Trinajstić information content (AvgIpc) is 2.74. The van der Waals surface area contributed by atoms with E-state index in [4.69, 9.17) is 21.8 Å². The second kappa shape index (κ2) is 3.87. The zero-order chi connectivity index (χ0) is 11.0. The maximum absolute atomic E-state index is 11.9. The maximum Gasteiger partial charge on any atom is 0.289 e. The summed E-state index contributed by atoms with van der Waals surface area (Å²) >= 11 is 5.61. The fraction of sp³-hybridized carbons (Fsp3) is 0.500. The van der Waals surface area contributed by atoms with Crippen molar-refractivity contribution in [2.45, 2.75) is 13.0 Å². The van der Waals surface area contributed by atoms with Crippen molar-refractivity contribution in [1.29, 1.82) is 0 Å². The van der Waals surface area contributed by atoms with E-state index in [1.807, 2.05) is 6.92 Å². The van der Waals surface area contributed by atoms with Crippen LogP contribution in [0.25, 0.3) is 0 Å². The molecule has 0 saturated carbocycles. The first-order valence-corrected chi connectivity index (χ1v) is 5.26. The van der Waals surface area contributed by atoms with Crippen LogP contribution < -0.4 is 5.73 Å². The van der Waals surface area contributed by atoms with Gasteiger partial charge in [-0.3, -0.25) is 4.79 Å². The fourth-order valence-electron chi connectivity index (χ4n) is 1.74. The highest BCUT2D eigenvalue weighted by molar-refractivity contribution is 6.29. The molecule has 2 N–H and O–H groups in total.